The Morgan fingerprint density at radius 1 is 1.06 bits per heavy atom. The smallest absolute Gasteiger partial charge is 0.267 e. The molecule has 1 saturated carbocycles. The number of rotatable bonds is 7. The van der Waals surface area contributed by atoms with E-state index in [1.54, 1.807) is 23.1 Å². The Labute approximate surface area is 198 Å². The van der Waals surface area contributed by atoms with Gasteiger partial charge < -0.3 is 9.47 Å². The number of hydrogen-bond acceptors (Lipinski definition) is 5. The maximum Gasteiger partial charge on any atom is 0.267 e. The van der Waals surface area contributed by atoms with Gasteiger partial charge in [0.15, 0.2) is 16.7 Å². The van der Waals surface area contributed by atoms with Crippen molar-refractivity contribution in [3.05, 3.63) is 58.8 Å². The maximum atomic E-state index is 14.3. The molecule has 0 spiro atoms. The molecule has 5 nitrogen and oxygen atoms in total. The van der Waals surface area contributed by atoms with E-state index in [2.05, 4.69) is 4.99 Å². The highest BCUT2D eigenvalue weighted by Crippen LogP contribution is 2.39. The average Bonchev–Trinajstić information content (AvgIpc) is 3.12. The molecule has 0 unspecified atom stereocenters. The van der Waals surface area contributed by atoms with Gasteiger partial charge in [0.05, 0.1) is 18.1 Å². The van der Waals surface area contributed by atoms with E-state index in [-0.39, 0.29) is 17.6 Å². The number of hydrogen-bond donors (Lipinski definition) is 0. The van der Waals surface area contributed by atoms with Gasteiger partial charge in [-0.05, 0) is 74.4 Å². The first-order valence-electron chi connectivity index (χ1n) is 11.6. The Bertz CT molecular complexity index is 1060. The van der Waals surface area contributed by atoms with Crippen LogP contribution in [0.15, 0.2) is 52.4 Å². The minimum Gasteiger partial charge on any atom is -0.490 e. The Morgan fingerprint density at radius 2 is 1.79 bits per heavy atom. The van der Waals surface area contributed by atoms with Gasteiger partial charge in [-0.2, -0.15) is 0 Å². The van der Waals surface area contributed by atoms with Crippen LogP contribution in [0.1, 0.15) is 51.5 Å². The summed E-state index contributed by atoms with van der Waals surface area (Å²) in [7, 11) is 0. The van der Waals surface area contributed by atoms with Crippen LogP contribution in [0.25, 0.3) is 6.08 Å². The second kappa shape index (κ2) is 10.9. The second-order valence-corrected chi connectivity index (χ2v) is 9.00. The third kappa shape index (κ3) is 5.41. The van der Waals surface area contributed by atoms with Gasteiger partial charge in [0.1, 0.15) is 11.5 Å². The van der Waals surface area contributed by atoms with Crippen molar-refractivity contribution >= 4 is 34.6 Å². The Hall–Kier alpha value is -2.80. The van der Waals surface area contributed by atoms with Gasteiger partial charge in [-0.1, -0.05) is 37.5 Å². The van der Waals surface area contributed by atoms with E-state index in [0.29, 0.717) is 34.8 Å². The summed E-state index contributed by atoms with van der Waals surface area (Å²) in [5.41, 5.74) is 1.09. The van der Waals surface area contributed by atoms with Crippen LogP contribution < -0.4 is 9.47 Å². The highest BCUT2D eigenvalue weighted by molar-refractivity contribution is 8.18. The second-order valence-electron chi connectivity index (χ2n) is 8.00. The highest BCUT2D eigenvalue weighted by Gasteiger charge is 2.38. The summed E-state index contributed by atoms with van der Waals surface area (Å²) in [6.07, 6.45) is 7.08. The Morgan fingerprint density at radius 3 is 2.52 bits per heavy atom. The number of aliphatic imine (C=N–C) groups is 1. The van der Waals surface area contributed by atoms with Gasteiger partial charge >= 0.3 is 0 Å². The molecule has 174 valence electrons. The first-order valence-corrected chi connectivity index (χ1v) is 12.4. The fraction of sp³-hybridized carbons (Fsp3) is 0.385. The molecule has 2 aromatic carbocycles. The van der Waals surface area contributed by atoms with E-state index in [9.17, 15) is 9.18 Å². The monoisotopic (exact) mass is 468 g/mol. The molecule has 0 atom stereocenters. The van der Waals surface area contributed by atoms with Crippen LogP contribution in [0, 0.1) is 5.82 Å². The molecule has 4 rings (SSSR count). The molecule has 0 aromatic heterocycles. The SMILES string of the molecule is CCOc1ccc(/C=C2\SC(=Nc3ccccc3F)N(C3CCCCC3)C2=O)cc1OCC. The predicted octanol–water partition coefficient (Wildman–Crippen LogP) is 6.56. The van der Waals surface area contributed by atoms with Crippen LogP contribution >= 0.6 is 11.8 Å². The van der Waals surface area contributed by atoms with Gasteiger partial charge in [0, 0.05) is 6.04 Å². The van der Waals surface area contributed by atoms with Crippen molar-refractivity contribution in [2.24, 2.45) is 4.99 Å². The van der Waals surface area contributed by atoms with Gasteiger partial charge in [-0.3, -0.25) is 9.69 Å². The van der Waals surface area contributed by atoms with Crippen molar-refractivity contribution < 1.29 is 18.7 Å². The minimum atomic E-state index is -0.396. The summed E-state index contributed by atoms with van der Waals surface area (Å²) >= 11 is 1.30. The highest BCUT2D eigenvalue weighted by atomic mass is 32.2. The lowest BCUT2D eigenvalue weighted by atomic mass is 9.94. The predicted molar refractivity (Wildman–Crippen MR) is 132 cm³/mol. The number of carbonyl (C=O) groups excluding carboxylic acids is 1. The van der Waals surface area contributed by atoms with Crippen molar-refractivity contribution in [1.29, 1.82) is 0 Å². The molecule has 7 heteroatoms. The fourth-order valence-electron chi connectivity index (χ4n) is 4.18. The van der Waals surface area contributed by atoms with E-state index in [1.807, 2.05) is 38.1 Å². The topological polar surface area (TPSA) is 51.1 Å². The third-order valence-electron chi connectivity index (χ3n) is 5.71. The molecule has 0 radical (unpaired) electrons. The van der Waals surface area contributed by atoms with Crippen LogP contribution in [-0.4, -0.2) is 35.2 Å². The van der Waals surface area contributed by atoms with Gasteiger partial charge in [0.25, 0.3) is 5.91 Å². The Balaban J connectivity index is 1.69. The molecule has 1 heterocycles. The van der Waals surface area contributed by atoms with Crippen LogP contribution in [0.2, 0.25) is 0 Å². The lowest BCUT2D eigenvalue weighted by molar-refractivity contribution is -0.124. The molecule has 1 aliphatic carbocycles. The van der Waals surface area contributed by atoms with E-state index >= 15 is 0 Å². The lowest BCUT2D eigenvalue weighted by Crippen LogP contribution is -2.40. The maximum absolute atomic E-state index is 14.3. The summed E-state index contributed by atoms with van der Waals surface area (Å²) < 4.78 is 25.7. The van der Waals surface area contributed by atoms with Crippen molar-refractivity contribution in [2.45, 2.75) is 52.0 Å². The van der Waals surface area contributed by atoms with E-state index in [1.165, 1.54) is 24.2 Å². The number of halogens is 1. The molecule has 2 aromatic rings. The molecule has 1 saturated heterocycles. The van der Waals surface area contributed by atoms with Crippen molar-refractivity contribution in [3.8, 4) is 11.5 Å². The number of benzene rings is 2. The summed E-state index contributed by atoms with van der Waals surface area (Å²) in [4.78, 5) is 20.4. The number of amides is 1. The average molecular weight is 469 g/mol. The number of thioether (sulfide) groups is 1. The molecule has 0 N–H and O–H groups in total. The van der Waals surface area contributed by atoms with Crippen molar-refractivity contribution in [1.82, 2.24) is 4.90 Å². The number of carbonyl (C=O) groups is 1. The van der Waals surface area contributed by atoms with Gasteiger partial charge in [-0.15, -0.1) is 0 Å². The first-order chi connectivity index (χ1) is 16.1. The molecule has 2 aliphatic rings. The molecule has 33 heavy (non-hydrogen) atoms. The quantitative estimate of drug-likeness (QED) is 0.432. The molecule has 0 bridgehead atoms. The zero-order valence-corrected chi connectivity index (χ0v) is 19.9. The zero-order valence-electron chi connectivity index (χ0n) is 19.1. The summed E-state index contributed by atoms with van der Waals surface area (Å²) in [6.45, 7) is 4.91. The van der Waals surface area contributed by atoms with Gasteiger partial charge in [0.2, 0.25) is 0 Å². The van der Waals surface area contributed by atoms with E-state index < -0.39 is 5.82 Å². The standard InChI is InChI=1S/C26H29FN2O3S/c1-3-31-22-15-14-18(16-23(22)32-4-2)17-24-25(30)29(19-10-6-5-7-11-19)26(33-24)28-21-13-9-8-12-20(21)27/h8-9,12-17,19H,3-7,10-11H2,1-2H3/b24-17-,28-26?. The number of para-hydroxylation sites is 1. The number of amidine groups is 1. The van der Waals surface area contributed by atoms with Crippen LogP contribution in [0.4, 0.5) is 10.1 Å². The largest absolute Gasteiger partial charge is 0.490 e. The molecule has 1 amide bonds. The van der Waals surface area contributed by atoms with Crippen LogP contribution in [0.3, 0.4) is 0 Å². The van der Waals surface area contributed by atoms with Crippen LogP contribution in [0.5, 0.6) is 11.5 Å². The summed E-state index contributed by atoms with van der Waals surface area (Å²) in [5.74, 6) is 0.854. The Kier molecular flexibility index (Phi) is 7.70. The molecule has 2 fully saturated rings. The van der Waals surface area contributed by atoms with E-state index in [0.717, 1.165) is 31.2 Å². The first kappa shape index (κ1) is 23.4. The number of ether oxygens (including phenoxy) is 2. The fourth-order valence-corrected chi connectivity index (χ4v) is 5.23. The summed E-state index contributed by atoms with van der Waals surface area (Å²) in [6, 6.07) is 12.1. The summed E-state index contributed by atoms with van der Waals surface area (Å²) in [5, 5.41) is 0.541. The molecular formula is C26H29FN2O3S. The third-order valence-corrected chi connectivity index (χ3v) is 6.69. The van der Waals surface area contributed by atoms with Gasteiger partial charge in [-0.25, -0.2) is 9.38 Å². The molecular weight excluding hydrogens is 439 g/mol. The minimum absolute atomic E-state index is 0.0752. The normalized spacial score (nSPS) is 19.5. The lowest BCUT2D eigenvalue weighted by Gasteiger charge is -2.30. The molecule has 1 aliphatic heterocycles. The van der Waals surface area contributed by atoms with Crippen LogP contribution in [-0.2, 0) is 4.79 Å². The van der Waals surface area contributed by atoms with Crippen molar-refractivity contribution in [2.75, 3.05) is 13.2 Å². The van der Waals surface area contributed by atoms with Crippen molar-refractivity contribution in [3.63, 3.8) is 0 Å². The zero-order chi connectivity index (χ0) is 23.2. The van der Waals surface area contributed by atoms with E-state index in [4.69, 9.17) is 9.47 Å². The number of nitrogens with zero attached hydrogens (tertiary/aromatic N) is 2.